The molecule has 2 radical (unpaired) electrons. The molecular formula is C16H25BO. The van der Waals surface area contributed by atoms with Crippen molar-refractivity contribution in [2.45, 2.75) is 70.5 Å². The molecule has 3 saturated carbocycles. The molecule has 0 N–H and O–H groups in total. The third kappa shape index (κ3) is 2.28. The number of hydrogen-bond acceptors (Lipinski definition) is 1. The second-order valence-corrected chi connectivity index (χ2v) is 7.49. The van der Waals surface area contributed by atoms with Crippen LogP contribution in [0.15, 0.2) is 0 Å². The Labute approximate surface area is 113 Å². The first-order valence-electron chi connectivity index (χ1n) is 7.86. The zero-order chi connectivity index (χ0) is 12.8. The molecule has 0 aromatic carbocycles. The highest BCUT2D eigenvalue weighted by atomic mass is 16.1. The molecule has 1 nitrogen and oxygen atoms in total. The standard InChI is InChI=1S/C16H25BO/c1-16(5-2-3-6-16)7-4-15(18)13-9-11-8-12(13)14(17)10-11/h11-14H,2-10H2,1H3. The molecule has 18 heavy (non-hydrogen) atoms. The highest BCUT2D eigenvalue weighted by Gasteiger charge is 2.46. The second kappa shape index (κ2) is 4.69. The Morgan fingerprint density at radius 1 is 1.22 bits per heavy atom. The maximum absolute atomic E-state index is 12.4. The van der Waals surface area contributed by atoms with Crippen molar-refractivity contribution >= 4 is 13.6 Å². The summed E-state index contributed by atoms with van der Waals surface area (Å²) in [5.74, 6) is 2.47. The number of ketones is 1. The minimum absolute atomic E-state index is 0.319. The van der Waals surface area contributed by atoms with E-state index in [0.717, 1.165) is 25.2 Å². The van der Waals surface area contributed by atoms with Gasteiger partial charge in [0.2, 0.25) is 0 Å². The molecule has 98 valence electrons. The van der Waals surface area contributed by atoms with Crippen LogP contribution in [0.4, 0.5) is 0 Å². The Bertz CT molecular complexity index is 332. The van der Waals surface area contributed by atoms with Crippen LogP contribution >= 0.6 is 0 Å². The maximum atomic E-state index is 12.4. The fourth-order valence-corrected chi connectivity index (χ4v) is 4.86. The van der Waals surface area contributed by atoms with Gasteiger partial charge in [-0.1, -0.05) is 32.0 Å². The van der Waals surface area contributed by atoms with Gasteiger partial charge in [0.05, 0.1) is 7.85 Å². The number of fused-ring (bicyclic) bond motifs is 2. The summed E-state index contributed by atoms with van der Waals surface area (Å²) in [6, 6.07) is 0. The highest BCUT2D eigenvalue weighted by molar-refractivity contribution is 6.12. The van der Waals surface area contributed by atoms with Crippen molar-refractivity contribution in [3.05, 3.63) is 0 Å². The SMILES string of the molecule is [B]C1CC2CC(C(=O)CCC3(C)CCCC3)C1C2. The molecule has 3 aliphatic rings. The van der Waals surface area contributed by atoms with Gasteiger partial charge in [0.1, 0.15) is 5.78 Å². The quantitative estimate of drug-likeness (QED) is 0.685. The van der Waals surface area contributed by atoms with Crippen LogP contribution in [0.5, 0.6) is 0 Å². The van der Waals surface area contributed by atoms with Crippen LogP contribution in [0.25, 0.3) is 0 Å². The lowest BCUT2D eigenvalue weighted by molar-refractivity contribution is -0.124. The summed E-state index contributed by atoms with van der Waals surface area (Å²) in [5, 5.41) is 0. The van der Waals surface area contributed by atoms with Crippen LogP contribution in [0, 0.1) is 23.2 Å². The molecule has 2 heteroatoms. The van der Waals surface area contributed by atoms with Gasteiger partial charge >= 0.3 is 0 Å². The van der Waals surface area contributed by atoms with Gasteiger partial charge in [-0.15, -0.1) is 0 Å². The van der Waals surface area contributed by atoms with Crippen LogP contribution in [-0.2, 0) is 4.79 Å². The van der Waals surface area contributed by atoms with Gasteiger partial charge in [0.25, 0.3) is 0 Å². The molecule has 0 heterocycles. The third-order valence-corrected chi connectivity index (χ3v) is 6.06. The van der Waals surface area contributed by atoms with Crippen molar-refractivity contribution in [3.63, 3.8) is 0 Å². The zero-order valence-corrected chi connectivity index (χ0v) is 11.7. The molecule has 2 bridgehead atoms. The highest BCUT2D eigenvalue weighted by Crippen LogP contribution is 2.54. The smallest absolute Gasteiger partial charge is 0.136 e. The lowest BCUT2D eigenvalue weighted by Gasteiger charge is -2.28. The van der Waals surface area contributed by atoms with Crippen molar-refractivity contribution < 1.29 is 4.79 Å². The fraction of sp³-hybridized carbons (Fsp3) is 0.938. The van der Waals surface area contributed by atoms with Crippen LogP contribution in [0.3, 0.4) is 0 Å². The van der Waals surface area contributed by atoms with E-state index in [1.165, 1.54) is 38.5 Å². The van der Waals surface area contributed by atoms with Crippen molar-refractivity contribution in [1.29, 1.82) is 0 Å². The van der Waals surface area contributed by atoms with Crippen molar-refractivity contribution in [3.8, 4) is 0 Å². The van der Waals surface area contributed by atoms with Gasteiger partial charge in [-0.25, -0.2) is 0 Å². The summed E-state index contributed by atoms with van der Waals surface area (Å²) < 4.78 is 0. The molecule has 0 aromatic heterocycles. The Morgan fingerprint density at radius 2 is 1.94 bits per heavy atom. The molecule has 0 saturated heterocycles. The number of hydrogen-bond donors (Lipinski definition) is 0. The molecule has 0 aromatic rings. The van der Waals surface area contributed by atoms with Gasteiger partial charge in [-0.05, 0) is 49.4 Å². The number of rotatable bonds is 4. The summed E-state index contributed by atoms with van der Waals surface area (Å²) in [5.41, 5.74) is 0.468. The minimum Gasteiger partial charge on any atom is -0.299 e. The molecule has 0 spiro atoms. The van der Waals surface area contributed by atoms with Crippen LogP contribution in [0.2, 0.25) is 5.82 Å². The zero-order valence-electron chi connectivity index (χ0n) is 11.7. The summed E-state index contributed by atoms with van der Waals surface area (Å²) in [4.78, 5) is 12.4. The summed E-state index contributed by atoms with van der Waals surface area (Å²) in [6.07, 6.45) is 10.9. The van der Waals surface area contributed by atoms with E-state index < -0.39 is 0 Å². The molecule has 0 aliphatic heterocycles. The van der Waals surface area contributed by atoms with Crippen molar-refractivity contribution in [2.24, 2.45) is 23.2 Å². The van der Waals surface area contributed by atoms with Crippen LogP contribution in [-0.4, -0.2) is 13.6 Å². The molecule has 4 unspecified atom stereocenters. The molecule has 3 aliphatic carbocycles. The first kappa shape index (κ1) is 12.8. The van der Waals surface area contributed by atoms with Crippen LogP contribution < -0.4 is 0 Å². The molecule has 3 rings (SSSR count). The predicted octanol–water partition coefficient (Wildman–Crippen LogP) is 3.92. The van der Waals surface area contributed by atoms with E-state index in [0.29, 0.717) is 28.9 Å². The lowest BCUT2D eigenvalue weighted by Crippen LogP contribution is -2.25. The van der Waals surface area contributed by atoms with E-state index in [2.05, 4.69) is 6.92 Å². The second-order valence-electron chi connectivity index (χ2n) is 7.49. The van der Waals surface area contributed by atoms with E-state index in [1.54, 1.807) is 0 Å². The van der Waals surface area contributed by atoms with Crippen molar-refractivity contribution in [1.82, 2.24) is 0 Å². The van der Waals surface area contributed by atoms with Gasteiger partial charge < -0.3 is 0 Å². The topological polar surface area (TPSA) is 17.1 Å². The maximum Gasteiger partial charge on any atom is 0.136 e. The molecule has 3 fully saturated rings. The van der Waals surface area contributed by atoms with Gasteiger partial charge in [-0.2, -0.15) is 0 Å². The number of carbonyl (C=O) groups is 1. The summed E-state index contributed by atoms with van der Waals surface area (Å²) >= 11 is 0. The first-order chi connectivity index (χ1) is 8.57. The van der Waals surface area contributed by atoms with Crippen molar-refractivity contribution in [2.75, 3.05) is 0 Å². The first-order valence-corrected chi connectivity index (χ1v) is 7.86. The molecule has 0 amide bonds. The summed E-state index contributed by atoms with van der Waals surface area (Å²) in [7, 11) is 6.14. The number of Topliss-reactive ketones (excluding diaryl/α,β-unsaturated/α-hetero) is 1. The predicted molar refractivity (Wildman–Crippen MR) is 74.6 cm³/mol. The van der Waals surface area contributed by atoms with Gasteiger partial charge in [0.15, 0.2) is 0 Å². The van der Waals surface area contributed by atoms with E-state index >= 15 is 0 Å². The van der Waals surface area contributed by atoms with Crippen LogP contribution in [0.1, 0.15) is 64.7 Å². The van der Waals surface area contributed by atoms with E-state index in [-0.39, 0.29) is 0 Å². The minimum atomic E-state index is 0.319. The Kier molecular flexibility index (Phi) is 3.32. The summed E-state index contributed by atoms with van der Waals surface area (Å²) in [6.45, 7) is 2.37. The Balaban J connectivity index is 1.53. The normalized spacial score (nSPS) is 41.4. The average Bonchev–Trinajstić information content (AvgIpc) is 3.01. The Hall–Kier alpha value is -0.265. The Morgan fingerprint density at radius 3 is 2.56 bits per heavy atom. The lowest BCUT2D eigenvalue weighted by atomic mass is 9.68. The third-order valence-electron chi connectivity index (χ3n) is 6.06. The average molecular weight is 244 g/mol. The molecule has 4 atom stereocenters. The van der Waals surface area contributed by atoms with E-state index in [1.807, 2.05) is 0 Å². The van der Waals surface area contributed by atoms with E-state index in [9.17, 15) is 4.79 Å². The monoisotopic (exact) mass is 244 g/mol. The van der Waals surface area contributed by atoms with Gasteiger partial charge in [0, 0.05) is 12.3 Å². The molecular weight excluding hydrogens is 219 g/mol. The largest absolute Gasteiger partial charge is 0.299 e. The number of carbonyl (C=O) groups excluding carboxylic acids is 1. The fourth-order valence-electron chi connectivity index (χ4n) is 4.86. The van der Waals surface area contributed by atoms with E-state index in [4.69, 9.17) is 7.85 Å². The van der Waals surface area contributed by atoms with Gasteiger partial charge in [-0.3, -0.25) is 4.79 Å².